The Kier molecular flexibility index (Phi) is 6.48. The van der Waals surface area contributed by atoms with Crippen molar-refractivity contribution < 1.29 is 29.6 Å². The van der Waals surface area contributed by atoms with E-state index in [2.05, 4.69) is 0 Å². The molecule has 3 N–H and O–H groups in total. The lowest BCUT2D eigenvalue weighted by Crippen LogP contribution is -2.39. The number of ether oxygens (including phenoxy) is 1. The maximum Gasteiger partial charge on any atom is 0.339 e. The van der Waals surface area contributed by atoms with Gasteiger partial charge in [0.2, 0.25) is 0 Å². The minimum absolute atomic E-state index is 0.0671. The molecular formula is C13H17NO6. The molecule has 0 amide bonds. The van der Waals surface area contributed by atoms with Crippen LogP contribution in [0.4, 0.5) is 0 Å². The summed E-state index contributed by atoms with van der Waals surface area (Å²) in [6, 6.07) is 5.81. The topological polar surface area (TPSA) is 107 Å². The number of carbonyl (C=O) groups is 2. The van der Waals surface area contributed by atoms with E-state index in [1.807, 2.05) is 4.90 Å². The predicted octanol–water partition coefficient (Wildman–Crippen LogP) is 0.494. The number of rotatable bonds is 3. The van der Waals surface area contributed by atoms with Crippen LogP contribution in [0.3, 0.4) is 0 Å². The molecule has 0 atom stereocenters. The van der Waals surface area contributed by atoms with E-state index in [9.17, 15) is 9.59 Å². The molecule has 0 radical (unpaired) electrons. The summed E-state index contributed by atoms with van der Waals surface area (Å²) >= 11 is 0. The first kappa shape index (κ1) is 15.9. The van der Waals surface area contributed by atoms with Crippen LogP contribution in [0.2, 0.25) is 0 Å². The maximum absolute atomic E-state index is 10.3. The Morgan fingerprint density at radius 1 is 1.15 bits per heavy atom. The van der Waals surface area contributed by atoms with Crippen LogP contribution >= 0.6 is 0 Å². The fourth-order valence-corrected chi connectivity index (χ4v) is 1.61. The average Bonchev–Trinajstić information content (AvgIpc) is 2.40. The minimum Gasteiger partial charge on any atom is -0.507 e. The summed E-state index contributed by atoms with van der Waals surface area (Å²) in [7, 11) is 0. The molecule has 20 heavy (non-hydrogen) atoms. The summed E-state index contributed by atoms with van der Waals surface area (Å²) in [6.07, 6.45) is 0. The molecule has 0 aromatic heterocycles. The van der Waals surface area contributed by atoms with Crippen LogP contribution in [0.1, 0.15) is 10.4 Å². The third-order valence-electron chi connectivity index (χ3n) is 2.60. The van der Waals surface area contributed by atoms with Gasteiger partial charge in [-0.3, -0.25) is 9.69 Å². The number of nitrogens with zero attached hydrogens (tertiary/aromatic N) is 1. The molecule has 0 aliphatic carbocycles. The number of carboxylic acids is 2. The molecule has 7 nitrogen and oxygen atoms in total. The van der Waals surface area contributed by atoms with Crippen LogP contribution < -0.4 is 0 Å². The summed E-state index contributed by atoms with van der Waals surface area (Å²) in [4.78, 5) is 22.3. The Morgan fingerprint density at radius 2 is 1.75 bits per heavy atom. The molecule has 1 aromatic rings. The van der Waals surface area contributed by atoms with Crippen molar-refractivity contribution in [3.63, 3.8) is 0 Å². The van der Waals surface area contributed by atoms with E-state index in [0.29, 0.717) is 13.2 Å². The van der Waals surface area contributed by atoms with Crippen molar-refractivity contribution >= 4 is 11.9 Å². The molecule has 0 bridgehead atoms. The normalized spacial score (nSPS) is 15.0. The first-order valence-corrected chi connectivity index (χ1v) is 6.04. The Morgan fingerprint density at radius 3 is 2.20 bits per heavy atom. The number of hydrogen-bond donors (Lipinski definition) is 3. The summed E-state index contributed by atoms with van der Waals surface area (Å²) in [5.41, 5.74) is -0.0671. The minimum atomic E-state index is -1.11. The standard InChI is InChI=1S/C7H6O3.C6H11NO3/c8-6-4-2-1-3-5(6)7(9)10;8-6(9)5-7-1-3-10-4-2-7/h1-4,8H,(H,9,10);1-5H2,(H,8,9). The van der Waals surface area contributed by atoms with Gasteiger partial charge in [-0.15, -0.1) is 0 Å². The van der Waals surface area contributed by atoms with Gasteiger partial charge in [0.25, 0.3) is 0 Å². The quantitative estimate of drug-likeness (QED) is 0.741. The number of hydrogen-bond acceptors (Lipinski definition) is 5. The van der Waals surface area contributed by atoms with Gasteiger partial charge in [-0.2, -0.15) is 0 Å². The van der Waals surface area contributed by atoms with E-state index in [0.717, 1.165) is 13.1 Å². The number of aromatic carboxylic acids is 1. The highest BCUT2D eigenvalue weighted by Crippen LogP contribution is 2.14. The molecule has 1 aliphatic rings. The van der Waals surface area contributed by atoms with Crippen LogP contribution in [-0.4, -0.2) is 65.0 Å². The third-order valence-corrected chi connectivity index (χ3v) is 2.60. The second kappa shape index (κ2) is 8.13. The fourth-order valence-electron chi connectivity index (χ4n) is 1.61. The summed E-state index contributed by atoms with van der Waals surface area (Å²) in [6.45, 7) is 2.95. The van der Waals surface area contributed by atoms with Gasteiger partial charge in [-0.05, 0) is 12.1 Å². The zero-order valence-electron chi connectivity index (χ0n) is 10.9. The number of para-hydroxylation sites is 1. The summed E-state index contributed by atoms with van der Waals surface area (Å²) in [5, 5.41) is 25.7. The molecule has 1 aromatic carbocycles. The number of carboxylic acid groups (broad SMARTS) is 2. The lowest BCUT2D eigenvalue weighted by molar-refractivity contribution is -0.139. The molecule has 110 valence electrons. The Bertz CT molecular complexity index is 456. The lowest BCUT2D eigenvalue weighted by Gasteiger charge is -2.24. The van der Waals surface area contributed by atoms with Gasteiger partial charge in [0.05, 0.1) is 19.8 Å². The number of aliphatic carboxylic acids is 1. The van der Waals surface area contributed by atoms with E-state index >= 15 is 0 Å². The smallest absolute Gasteiger partial charge is 0.339 e. The highest BCUT2D eigenvalue weighted by Gasteiger charge is 2.12. The van der Waals surface area contributed by atoms with Crippen LogP contribution in [0.15, 0.2) is 24.3 Å². The average molecular weight is 283 g/mol. The van der Waals surface area contributed by atoms with Crippen LogP contribution in [0.25, 0.3) is 0 Å². The first-order chi connectivity index (χ1) is 9.50. The van der Waals surface area contributed by atoms with Crippen LogP contribution in [-0.2, 0) is 9.53 Å². The zero-order chi connectivity index (χ0) is 15.0. The molecule has 0 saturated carbocycles. The molecule has 1 saturated heterocycles. The highest BCUT2D eigenvalue weighted by molar-refractivity contribution is 5.90. The second-order valence-electron chi connectivity index (χ2n) is 4.10. The van der Waals surface area contributed by atoms with Gasteiger partial charge < -0.3 is 20.1 Å². The van der Waals surface area contributed by atoms with E-state index < -0.39 is 11.9 Å². The van der Waals surface area contributed by atoms with Gasteiger partial charge in [0.1, 0.15) is 11.3 Å². The zero-order valence-corrected chi connectivity index (χ0v) is 10.9. The van der Waals surface area contributed by atoms with Gasteiger partial charge in [0.15, 0.2) is 0 Å². The molecule has 1 heterocycles. The molecule has 0 spiro atoms. The summed E-state index contributed by atoms with van der Waals surface area (Å²) < 4.78 is 5.05. The maximum atomic E-state index is 10.3. The molecular weight excluding hydrogens is 266 g/mol. The van der Waals surface area contributed by atoms with Crippen molar-refractivity contribution in [2.24, 2.45) is 0 Å². The van der Waals surface area contributed by atoms with Gasteiger partial charge >= 0.3 is 11.9 Å². The molecule has 2 rings (SSSR count). The lowest BCUT2D eigenvalue weighted by atomic mass is 10.2. The van der Waals surface area contributed by atoms with E-state index in [4.69, 9.17) is 20.1 Å². The van der Waals surface area contributed by atoms with Crippen molar-refractivity contribution in [2.45, 2.75) is 0 Å². The van der Waals surface area contributed by atoms with Gasteiger partial charge in [-0.1, -0.05) is 12.1 Å². The predicted molar refractivity (Wildman–Crippen MR) is 70.0 cm³/mol. The van der Waals surface area contributed by atoms with Crippen LogP contribution in [0, 0.1) is 0 Å². The van der Waals surface area contributed by atoms with E-state index in [1.54, 1.807) is 12.1 Å². The van der Waals surface area contributed by atoms with Gasteiger partial charge in [0, 0.05) is 13.1 Å². The molecule has 1 aliphatic heterocycles. The Balaban J connectivity index is 0.000000200. The Hall–Kier alpha value is -2.12. The molecule has 7 heteroatoms. The molecule has 0 unspecified atom stereocenters. The fraction of sp³-hybridized carbons (Fsp3) is 0.385. The van der Waals surface area contributed by atoms with E-state index in [-0.39, 0.29) is 17.9 Å². The number of morpholine rings is 1. The summed E-state index contributed by atoms with van der Waals surface area (Å²) in [5.74, 6) is -2.07. The SMILES string of the molecule is O=C(O)CN1CCOCC1.O=C(O)c1ccccc1O. The van der Waals surface area contributed by atoms with Crippen molar-refractivity contribution in [3.05, 3.63) is 29.8 Å². The van der Waals surface area contributed by atoms with Crippen LogP contribution in [0.5, 0.6) is 5.75 Å². The number of aromatic hydroxyl groups is 1. The highest BCUT2D eigenvalue weighted by atomic mass is 16.5. The number of phenols is 1. The third kappa shape index (κ3) is 5.68. The second-order valence-corrected chi connectivity index (χ2v) is 4.10. The number of benzene rings is 1. The largest absolute Gasteiger partial charge is 0.507 e. The van der Waals surface area contributed by atoms with Crippen molar-refractivity contribution in [1.29, 1.82) is 0 Å². The van der Waals surface area contributed by atoms with Crippen molar-refractivity contribution in [1.82, 2.24) is 4.90 Å². The van der Waals surface area contributed by atoms with E-state index in [1.165, 1.54) is 12.1 Å². The van der Waals surface area contributed by atoms with Crippen molar-refractivity contribution in [3.8, 4) is 5.75 Å². The van der Waals surface area contributed by atoms with Gasteiger partial charge in [-0.25, -0.2) is 4.79 Å². The first-order valence-electron chi connectivity index (χ1n) is 6.04. The monoisotopic (exact) mass is 283 g/mol. The molecule has 1 fully saturated rings. The van der Waals surface area contributed by atoms with Crippen molar-refractivity contribution in [2.75, 3.05) is 32.8 Å². The Labute approximate surface area is 116 Å².